The van der Waals surface area contributed by atoms with Crippen LogP contribution in [-0.2, 0) is 0 Å². The van der Waals surface area contributed by atoms with Gasteiger partial charge >= 0.3 is 0 Å². The highest BCUT2D eigenvalue weighted by Gasteiger charge is 2.15. The van der Waals surface area contributed by atoms with Crippen molar-refractivity contribution in [3.05, 3.63) is 0 Å². The second-order valence-corrected chi connectivity index (χ2v) is 9.48. The molecule has 0 N–H and O–H groups in total. The van der Waals surface area contributed by atoms with Gasteiger partial charge in [-0.1, -0.05) is 0 Å². The first kappa shape index (κ1) is 20.6. The van der Waals surface area contributed by atoms with Crippen molar-refractivity contribution in [1.29, 1.82) is 0 Å². The molecule has 0 bridgehead atoms. The first-order valence-electron chi connectivity index (χ1n) is 7.98. The van der Waals surface area contributed by atoms with E-state index in [1.54, 1.807) is 0 Å². The molecule has 2 atom stereocenters. The minimum atomic E-state index is 0.454. The molecule has 0 heterocycles. The zero-order valence-corrected chi connectivity index (χ0v) is 16.4. The van der Waals surface area contributed by atoms with Gasteiger partial charge in [-0.3, -0.25) is 0 Å². The first-order chi connectivity index (χ1) is 9.01. The molecular formula is C16H38N2S2+2. The van der Waals surface area contributed by atoms with Gasteiger partial charge < -0.3 is 8.97 Å². The number of thiol groups is 2. The Hall–Kier alpha value is 0.620. The molecule has 0 aromatic heterocycles. The lowest BCUT2D eigenvalue weighted by molar-refractivity contribution is -0.870. The summed E-state index contributed by atoms with van der Waals surface area (Å²) in [5.41, 5.74) is 0. The van der Waals surface area contributed by atoms with E-state index in [0.717, 1.165) is 8.97 Å². The molecule has 0 saturated carbocycles. The molecule has 122 valence electrons. The van der Waals surface area contributed by atoms with Crippen LogP contribution in [0.2, 0.25) is 0 Å². The highest BCUT2D eigenvalue weighted by molar-refractivity contribution is 7.85. The summed E-state index contributed by atoms with van der Waals surface area (Å²) < 4.78 is 2.12. The minimum Gasteiger partial charge on any atom is -0.331 e. The third-order valence-corrected chi connectivity index (χ3v) is 5.07. The van der Waals surface area contributed by atoms with E-state index >= 15 is 0 Å². The molecule has 0 fully saturated rings. The number of unbranched alkanes of at least 4 members (excludes halogenated alkanes) is 2. The summed E-state index contributed by atoms with van der Waals surface area (Å²) in [4.78, 5) is 0. The van der Waals surface area contributed by atoms with Gasteiger partial charge in [0.05, 0.1) is 55.4 Å². The summed E-state index contributed by atoms with van der Waals surface area (Å²) in [6.45, 7) is 2.50. The number of hydrogen-bond donors (Lipinski definition) is 2. The van der Waals surface area contributed by atoms with Crippen molar-refractivity contribution < 1.29 is 8.97 Å². The molecule has 20 heavy (non-hydrogen) atoms. The maximum Gasteiger partial charge on any atom is 0.0780 e. The Kier molecular flexibility index (Phi) is 9.90. The predicted molar refractivity (Wildman–Crippen MR) is 99.0 cm³/mol. The van der Waals surface area contributed by atoms with Gasteiger partial charge in [-0.2, -0.15) is 25.3 Å². The van der Waals surface area contributed by atoms with E-state index in [-0.39, 0.29) is 0 Å². The van der Waals surface area contributed by atoms with Crippen LogP contribution in [-0.4, -0.2) is 74.8 Å². The summed E-state index contributed by atoms with van der Waals surface area (Å²) in [5.74, 6) is 0. The van der Waals surface area contributed by atoms with E-state index < -0.39 is 0 Å². The Balaban J connectivity index is 3.64. The maximum absolute atomic E-state index is 4.74. The molecule has 0 saturated heterocycles. The molecule has 0 amide bonds. The van der Waals surface area contributed by atoms with Crippen LogP contribution >= 0.6 is 25.3 Å². The molecule has 0 aliphatic rings. The van der Waals surface area contributed by atoms with Crippen LogP contribution in [0.15, 0.2) is 0 Å². The average Bonchev–Trinajstić information content (AvgIpc) is 2.27. The Morgan fingerprint density at radius 2 is 0.900 bits per heavy atom. The van der Waals surface area contributed by atoms with E-state index in [9.17, 15) is 0 Å². The van der Waals surface area contributed by atoms with Crippen molar-refractivity contribution in [2.24, 2.45) is 0 Å². The van der Waals surface area contributed by atoms with Crippen molar-refractivity contribution in [1.82, 2.24) is 0 Å². The van der Waals surface area contributed by atoms with Gasteiger partial charge in [-0.15, -0.1) is 0 Å². The van der Waals surface area contributed by atoms with Crippen LogP contribution in [0.25, 0.3) is 0 Å². The van der Waals surface area contributed by atoms with Crippen molar-refractivity contribution >= 4 is 25.3 Å². The smallest absolute Gasteiger partial charge is 0.0780 e. The Labute approximate surface area is 138 Å². The topological polar surface area (TPSA) is 0 Å². The fraction of sp³-hybridized carbons (Fsp3) is 1.00. The maximum atomic E-state index is 4.74. The zero-order valence-electron chi connectivity index (χ0n) is 14.6. The SMILES string of the molecule is C[N+](C)(C)CCCCC(S)C(S)CCCC[N+](C)(C)C. The van der Waals surface area contributed by atoms with E-state index in [2.05, 4.69) is 42.3 Å². The van der Waals surface area contributed by atoms with Gasteiger partial charge in [0.15, 0.2) is 0 Å². The monoisotopic (exact) mass is 322 g/mol. The van der Waals surface area contributed by atoms with Crippen molar-refractivity contribution in [2.75, 3.05) is 55.4 Å². The van der Waals surface area contributed by atoms with Crippen molar-refractivity contribution in [3.63, 3.8) is 0 Å². The van der Waals surface area contributed by atoms with Gasteiger partial charge in [0.1, 0.15) is 0 Å². The van der Waals surface area contributed by atoms with E-state index in [1.807, 2.05) is 0 Å². The molecule has 0 spiro atoms. The van der Waals surface area contributed by atoms with Crippen LogP contribution < -0.4 is 0 Å². The quantitative estimate of drug-likeness (QED) is 0.325. The standard InChI is InChI=1S/C16H36N2S2/c1-17(2,3)13-9-7-11-15(19)16(20)12-8-10-14-18(4,5)6/h15-16H,7-14H2,1-6H3/p+2. The number of quaternary nitrogens is 2. The third-order valence-electron chi connectivity index (χ3n) is 3.60. The molecule has 0 radical (unpaired) electrons. The number of hydrogen-bond acceptors (Lipinski definition) is 2. The van der Waals surface area contributed by atoms with Crippen LogP contribution in [0.4, 0.5) is 0 Å². The van der Waals surface area contributed by atoms with E-state index in [0.29, 0.717) is 10.5 Å². The molecule has 2 nitrogen and oxygen atoms in total. The number of rotatable bonds is 11. The van der Waals surface area contributed by atoms with Crippen LogP contribution in [0.5, 0.6) is 0 Å². The average molecular weight is 323 g/mol. The summed E-state index contributed by atoms with van der Waals surface area (Å²) in [7, 11) is 13.5. The lowest BCUT2D eigenvalue weighted by atomic mass is 10.1. The first-order valence-corrected chi connectivity index (χ1v) is 9.01. The van der Waals surface area contributed by atoms with Crippen LogP contribution in [0, 0.1) is 0 Å². The van der Waals surface area contributed by atoms with Gasteiger partial charge in [0.25, 0.3) is 0 Å². The molecule has 0 aromatic carbocycles. The van der Waals surface area contributed by atoms with Gasteiger partial charge in [-0.25, -0.2) is 0 Å². The summed E-state index contributed by atoms with van der Waals surface area (Å²) in [6, 6.07) is 0. The zero-order chi connectivity index (χ0) is 15.8. The fourth-order valence-electron chi connectivity index (χ4n) is 2.26. The van der Waals surface area contributed by atoms with E-state index in [1.165, 1.54) is 51.6 Å². The summed E-state index contributed by atoms with van der Waals surface area (Å²) >= 11 is 9.49. The largest absolute Gasteiger partial charge is 0.331 e. The second-order valence-electron chi connectivity index (χ2n) is 8.15. The van der Waals surface area contributed by atoms with E-state index in [4.69, 9.17) is 25.3 Å². The highest BCUT2D eigenvalue weighted by atomic mass is 32.1. The molecule has 0 rings (SSSR count). The van der Waals surface area contributed by atoms with Gasteiger partial charge in [-0.05, 0) is 38.5 Å². The molecule has 2 unspecified atom stereocenters. The molecular weight excluding hydrogens is 284 g/mol. The Morgan fingerprint density at radius 3 is 1.15 bits per heavy atom. The lowest BCUT2D eigenvalue weighted by Crippen LogP contribution is -2.35. The lowest BCUT2D eigenvalue weighted by Gasteiger charge is -2.25. The predicted octanol–water partition coefficient (Wildman–Crippen LogP) is 3.34. The molecule has 0 aliphatic heterocycles. The second kappa shape index (κ2) is 9.60. The van der Waals surface area contributed by atoms with Gasteiger partial charge in [0, 0.05) is 10.5 Å². The van der Waals surface area contributed by atoms with Crippen molar-refractivity contribution in [2.45, 2.75) is 49.0 Å². The fourth-order valence-corrected chi connectivity index (χ4v) is 2.93. The summed E-state index contributed by atoms with van der Waals surface area (Å²) in [6.07, 6.45) is 7.55. The normalized spacial score (nSPS) is 16.2. The Morgan fingerprint density at radius 1 is 0.600 bits per heavy atom. The minimum absolute atomic E-state index is 0.454. The third kappa shape index (κ3) is 13.6. The van der Waals surface area contributed by atoms with Crippen molar-refractivity contribution in [3.8, 4) is 0 Å². The van der Waals surface area contributed by atoms with Crippen LogP contribution in [0.3, 0.4) is 0 Å². The molecule has 0 aliphatic carbocycles. The number of nitrogens with zero attached hydrogens (tertiary/aromatic N) is 2. The Bertz CT molecular complexity index is 218. The summed E-state index contributed by atoms with van der Waals surface area (Å²) in [5, 5.41) is 0.907. The van der Waals surface area contributed by atoms with Crippen LogP contribution in [0.1, 0.15) is 38.5 Å². The molecule has 4 heteroatoms. The highest BCUT2D eigenvalue weighted by Crippen LogP contribution is 2.21. The molecule has 0 aromatic rings. The van der Waals surface area contributed by atoms with Gasteiger partial charge in [0.2, 0.25) is 0 Å².